The van der Waals surface area contributed by atoms with Crippen LogP contribution in [0.15, 0.2) is 0 Å². The van der Waals surface area contributed by atoms with Gasteiger partial charge in [-0.15, -0.1) is 0 Å². The van der Waals surface area contributed by atoms with Crippen molar-refractivity contribution in [1.82, 2.24) is 9.80 Å². The van der Waals surface area contributed by atoms with E-state index in [4.69, 9.17) is 11.5 Å². The molecule has 116 valence electrons. The third-order valence-corrected chi connectivity index (χ3v) is 5.08. The summed E-state index contributed by atoms with van der Waals surface area (Å²) in [5.74, 6) is -0.409. The predicted octanol–water partition coefficient (Wildman–Crippen LogP) is 0.526. The molecule has 5 heteroatoms. The normalized spacial score (nSPS) is 33.2. The van der Waals surface area contributed by atoms with Crippen molar-refractivity contribution >= 4 is 5.91 Å². The number of piperidine rings is 1. The SMILES string of the molecule is CC1CN2CCCCC2CN1C(C)CC(C)(N)C(N)=O. The highest BCUT2D eigenvalue weighted by Gasteiger charge is 2.37. The molecule has 1 amide bonds. The lowest BCUT2D eigenvalue weighted by Crippen LogP contribution is -2.62. The van der Waals surface area contributed by atoms with Gasteiger partial charge >= 0.3 is 0 Å². The van der Waals surface area contributed by atoms with Crippen molar-refractivity contribution in [2.24, 2.45) is 11.5 Å². The van der Waals surface area contributed by atoms with Crippen molar-refractivity contribution in [3.63, 3.8) is 0 Å². The molecule has 4 unspecified atom stereocenters. The Kier molecular flexibility index (Phi) is 4.72. The van der Waals surface area contributed by atoms with Gasteiger partial charge in [-0.25, -0.2) is 0 Å². The first kappa shape index (κ1) is 15.7. The van der Waals surface area contributed by atoms with Crippen LogP contribution in [0.5, 0.6) is 0 Å². The molecule has 4 atom stereocenters. The number of carbonyl (C=O) groups excluding carboxylic acids is 1. The molecule has 0 aromatic heterocycles. The van der Waals surface area contributed by atoms with Crippen LogP contribution in [0, 0.1) is 0 Å². The Labute approximate surface area is 122 Å². The van der Waals surface area contributed by atoms with Gasteiger partial charge in [0.1, 0.15) is 0 Å². The van der Waals surface area contributed by atoms with Crippen molar-refractivity contribution in [3.8, 4) is 0 Å². The van der Waals surface area contributed by atoms with Crippen LogP contribution in [-0.4, -0.2) is 59.0 Å². The van der Waals surface area contributed by atoms with Gasteiger partial charge in [0.25, 0.3) is 0 Å². The Morgan fingerprint density at radius 2 is 2.10 bits per heavy atom. The van der Waals surface area contributed by atoms with Crippen molar-refractivity contribution in [3.05, 3.63) is 0 Å². The molecule has 2 fully saturated rings. The summed E-state index contributed by atoms with van der Waals surface area (Å²) in [5.41, 5.74) is 10.5. The lowest BCUT2D eigenvalue weighted by Gasteiger charge is -2.50. The molecule has 5 nitrogen and oxygen atoms in total. The highest BCUT2D eigenvalue weighted by molar-refractivity contribution is 5.83. The topological polar surface area (TPSA) is 75.6 Å². The molecule has 0 spiro atoms. The Hall–Kier alpha value is -0.650. The maximum Gasteiger partial charge on any atom is 0.237 e. The fourth-order valence-electron chi connectivity index (χ4n) is 3.82. The van der Waals surface area contributed by atoms with Gasteiger partial charge in [0.05, 0.1) is 5.54 Å². The minimum atomic E-state index is -0.914. The average Bonchev–Trinajstić information content (AvgIpc) is 2.37. The molecule has 2 saturated heterocycles. The van der Waals surface area contributed by atoms with E-state index in [1.54, 1.807) is 6.92 Å². The van der Waals surface area contributed by atoms with Gasteiger partial charge < -0.3 is 11.5 Å². The lowest BCUT2D eigenvalue weighted by molar-refractivity contribution is -0.123. The van der Waals surface area contributed by atoms with E-state index in [0.29, 0.717) is 18.5 Å². The molecule has 0 radical (unpaired) electrons. The molecule has 2 rings (SSSR count). The Morgan fingerprint density at radius 3 is 2.75 bits per heavy atom. The number of nitrogens with two attached hydrogens (primary N) is 2. The van der Waals surface area contributed by atoms with Crippen molar-refractivity contribution < 1.29 is 4.79 Å². The van der Waals surface area contributed by atoms with E-state index in [-0.39, 0.29) is 6.04 Å². The molecule has 0 bridgehead atoms. The number of carbonyl (C=O) groups is 1. The number of fused-ring (bicyclic) bond motifs is 1. The van der Waals surface area contributed by atoms with Gasteiger partial charge in [-0.05, 0) is 46.6 Å². The first-order valence-corrected chi connectivity index (χ1v) is 7.90. The quantitative estimate of drug-likeness (QED) is 0.788. The van der Waals surface area contributed by atoms with Crippen molar-refractivity contribution in [2.45, 2.75) is 70.1 Å². The van der Waals surface area contributed by atoms with Gasteiger partial charge in [-0.3, -0.25) is 14.6 Å². The van der Waals surface area contributed by atoms with Crippen LogP contribution in [0.3, 0.4) is 0 Å². The molecule has 0 aliphatic carbocycles. The van der Waals surface area contributed by atoms with Crippen LogP contribution in [-0.2, 0) is 4.79 Å². The first-order valence-electron chi connectivity index (χ1n) is 7.90. The van der Waals surface area contributed by atoms with Crippen molar-refractivity contribution in [1.29, 1.82) is 0 Å². The summed E-state index contributed by atoms with van der Waals surface area (Å²) in [4.78, 5) is 16.6. The fourth-order valence-corrected chi connectivity index (χ4v) is 3.82. The summed E-state index contributed by atoms with van der Waals surface area (Å²) in [7, 11) is 0. The molecular weight excluding hydrogens is 252 g/mol. The number of hydrogen-bond donors (Lipinski definition) is 2. The molecular formula is C15H30N4O. The minimum Gasteiger partial charge on any atom is -0.368 e. The summed E-state index contributed by atoms with van der Waals surface area (Å²) in [6, 6.07) is 1.49. The van der Waals surface area contributed by atoms with Gasteiger partial charge in [0, 0.05) is 31.2 Å². The highest BCUT2D eigenvalue weighted by atomic mass is 16.1. The molecule has 2 aliphatic rings. The Bertz CT molecular complexity index is 358. The minimum absolute atomic E-state index is 0.288. The summed E-state index contributed by atoms with van der Waals surface area (Å²) in [6.07, 6.45) is 4.60. The van der Waals surface area contributed by atoms with E-state index < -0.39 is 11.4 Å². The predicted molar refractivity (Wildman–Crippen MR) is 81.2 cm³/mol. The number of piperazine rings is 1. The molecule has 2 aliphatic heterocycles. The number of primary amides is 1. The van der Waals surface area contributed by atoms with Crippen LogP contribution in [0.1, 0.15) is 46.5 Å². The average molecular weight is 282 g/mol. The molecule has 2 heterocycles. The Balaban J connectivity index is 1.98. The zero-order chi connectivity index (χ0) is 14.9. The standard InChI is InChI=1S/C15H30N4O/c1-11(8-15(3,17)14(16)20)19-10-13-6-4-5-7-18(13)9-12(19)2/h11-13H,4-10,17H2,1-3H3,(H2,16,20). The molecule has 0 aromatic rings. The number of nitrogens with zero attached hydrogens (tertiary/aromatic N) is 2. The summed E-state index contributed by atoms with van der Waals surface area (Å²) >= 11 is 0. The highest BCUT2D eigenvalue weighted by Crippen LogP contribution is 2.27. The van der Waals surface area contributed by atoms with E-state index in [1.807, 2.05) is 0 Å². The van der Waals surface area contributed by atoms with Gasteiger partial charge in [0.2, 0.25) is 5.91 Å². The molecule has 4 N–H and O–H groups in total. The smallest absolute Gasteiger partial charge is 0.237 e. The van der Waals surface area contributed by atoms with E-state index in [0.717, 1.165) is 13.1 Å². The second kappa shape index (κ2) is 6.00. The van der Waals surface area contributed by atoms with Gasteiger partial charge in [-0.1, -0.05) is 6.42 Å². The third kappa shape index (κ3) is 3.32. The second-order valence-corrected chi connectivity index (χ2v) is 7.03. The molecule has 20 heavy (non-hydrogen) atoms. The third-order valence-electron chi connectivity index (χ3n) is 5.08. The molecule has 0 saturated carbocycles. The number of rotatable bonds is 4. The Morgan fingerprint density at radius 1 is 1.40 bits per heavy atom. The van der Waals surface area contributed by atoms with Crippen LogP contribution in [0.2, 0.25) is 0 Å². The van der Waals surface area contributed by atoms with Crippen molar-refractivity contribution in [2.75, 3.05) is 19.6 Å². The van der Waals surface area contributed by atoms with Crippen LogP contribution in [0.4, 0.5) is 0 Å². The second-order valence-electron chi connectivity index (χ2n) is 7.03. The van der Waals surface area contributed by atoms with Gasteiger partial charge in [-0.2, -0.15) is 0 Å². The van der Waals surface area contributed by atoms with Crippen LogP contribution >= 0.6 is 0 Å². The monoisotopic (exact) mass is 282 g/mol. The van der Waals surface area contributed by atoms with E-state index in [9.17, 15) is 4.79 Å². The fraction of sp³-hybridized carbons (Fsp3) is 0.933. The summed E-state index contributed by atoms with van der Waals surface area (Å²) in [6.45, 7) is 9.66. The maximum absolute atomic E-state index is 11.4. The van der Waals surface area contributed by atoms with Crippen LogP contribution in [0.25, 0.3) is 0 Å². The van der Waals surface area contributed by atoms with Crippen LogP contribution < -0.4 is 11.5 Å². The van der Waals surface area contributed by atoms with Gasteiger partial charge in [0.15, 0.2) is 0 Å². The molecule has 0 aromatic carbocycles. The summed E-state index contributed by atoms with van der Waals surface area (Å²) < 4.78 is 0. The zero-order valence-corrected chi connectivity index (χ0v) is 13.1. The number of hydrogen-bond acceptors (Lipinski definition) is 4. The largest absolute Gasteiger partial charge is 0.368 e. The van der Waals surface area contributed by atoms with E-state index in [2.05, 4.69) is 23.6 Å². The maximum atomic E-state index is 11.4. The summed E-state index contributed by atoms with van der Waals surface area (Å²) in [5, 5.41) is 0. The number of amides is 1. The first-order chi connectivity index (χ1) is 9.31. The van der Waals surface area contributed by atoms with E-state index >= 15 is 0 Å². The lowest BCUT2D eigenvalue weighted by atomic mass is 9.90. The van der Waals surface area contributed by atoms with E-state index in [1.165, 1.54) is 25.8 Å². The zero-order valence-electron chi connectivity index (χ0n) is 13.1.